The summed E-state index contributed by atoms with van der Waals surface area (Å²) in [5.74, 6) is 0. The predicted octanol–water partition coefficient (Wildman–Crippen LogP) is 4.47. The smallest absolute Gasteiger partial charge is 0.157 e. The lowest BCUT2D eigenvalue weighted by atomic mass is 9.71. The quantitative estimate of drug-likeness (QED) is 0.750. The van der Waals surface area contributed by atoms with Gasteiger partial charge in [-0.2, -0.15) is 0 Å². The van der Waals surface area contributed by atoms with Gasteiger partial charge in [0.05, 0.1) is 5.71 Å². The lowest BCUT2D eigenvalue weighted by molar-refractivity contribution is 0.0855. The van der Waals surface area contributed by atoms with Crippen LogP contribution in [0.5, 0.6) is 0 Å². The van der Waals surface area contributed by atoms with Gasteiger partial charge in [-0.25, -0.2) is 0 Å². The molecule has 0 saturated heterocycles. The normalized spacial score (nSPS) is 26.5. The second-order valence-electron chi connectivity index (χ2n) is 5.87. The van der Waals surface area contributed by atoms with E-state index in [2.05, 4.69) is 36.3 Å². The van der Waals surface area contributed by atoms with Gasteiger partial charge in [0, 0.05) is 11.8 Å². The molecule has 1 atom stereocenters. The van der Waals surface area contributed by atoms with Gasteiger partial charge in [0.2, 0.25) is 0 Å². The predicted molar refractivity (Wildman–Crippen MR) is 73.5 cm³/mol. The summed E-state index contributed by atoms with van der Waals surface area (Å²) in [5, 5.41) is 4.41. The molecule has 0 radical (unpaired) electrons. The minimum atomic E-state index is 0.139. The van der Waals surface area contributed by atoms with Crippen LogP contribution < -0.4 is 0 Å². The van der Waals surface area contributed by atoms with Crippen LogP contribution in [0.2, 0.25) is 0 Å². The molecule has 2 aliphatic rings. The fraction of sp³-hybridized carbons (Fsp3) is 0.562. The third-order valence-electron chi connectivity index (χ3n) is 4.49. The summed E-state index contributed by atoms with van der Waals surface area (Å²) in [6.45, 7) is 2.36. The maximum Gasteiger partial charge on any atom is 0.157 e. The monoisotopic (exact) mass is 243 g/mol. The van der Waals surface area contributed by atoms with Crippen molar-refractivity contribution in [1.29, 1.82) is 0 Å². The van der Waals surface area contributed by atoms with Crippen LogP contribution in [0.15, 0.2) is 35.5 Å². The molecule has 1 saturated carbocycles. The molecule has 1 fully saturated rings. The first-order chi connectivity index (χ1) is 8.78. The molecule has 1 aromatic carbocycles. The Morgan fingerprint density at radius 2 is 1.83 bits per heavy atom. The zero-order valence-corrected chi connectivity index (χ0v) is 11.1. The zero-order chi connectivity index (χ0) is 12.4. The van der Waals surface area contributed by atoms with E-state index in [4.69, 9.17) is 4.84 Å². The van der Waals surface area contributed by atoms with Crippen LogP contribution in [-0.2, 0) is 4.84 Å². The number of hydrogen-bond donors (Lipinski definition) is 0. The van der Waals surface area contributed by atoms with Crippen LogP contribution in [-0.4, -0.2) is 5.71 Å². The number of nitrogens with zero attached hydrogens (tertiary/aromatic N) is 1. The van der Waals surface area contributed by atoms with Crippen molar-refractivity contribution in [2.45, 2.75) is 51.6 Å². The lowest BCUT2D eigenvalue weighted by Crippen LogP contribution is -2.29. The molecule has 0 spiro atoms. The largest absolute Gasteiger partial charge is 0.387 e. The van der Waals surface area contributed by atoms with E-state index in [1.807, 2.05) is 6.07 Å². The molecule has 18 heavy (non-hydrogen) atoms. The number of oxime groups is 1. The van der Waals surface area contributed by atoms with Gasteiger partial charge < -0.3 is 4.84 Å². The van der Waals surface area contributed by atoms with Crippen molar-refractivity contribution >= 4 is 5.71 Å². The van der Waals surface area contributed by atoms with Crippen LogP contribution in [0.4, 0.5) is 0 Å². The molecule has 0 bridgehead atoms. The molecule has 0 amide bonds. The molecule has 1 aliphatic heterocycles. The van der Waals surface area contributed by atoms with Crippen LogP contribution in [0.1, 0.15) is 57.1 Å². The molecule has 0 aromatic heterocycles. The summed E-state index contributed by atoms with van der Waals surface area (Å²) in [6, 6.07) is 10.4. The summed E-state index contributed by atoms with van der Waals surface area (Å²) in [7, 11) is 0. The molecule has 1 aromatic rings. The topological polar surface area (TPSA) is 21.6 Å². The Morgan fingerprint density at radius 1 is 1.11 bits per heavy atom. The Balaban J connectivity index is 1.71. The van der Waals surface area contributed by atoms with Gasteiger partial charge in [-0.15, -0.1) is 0 Å². The van der Waals surface area contributed by atoms with Crippen molar-refractivity contribution in [3.63, 3.8) is 0 Å². The van der Waals surface area contributed by atoms with Crippen LogP contribution >= 0.6 is 0 Å². The maximum absolute atomic E-state index is 5.66. The van der Waals surface area contributed by atoms with E-state index in [1.165, 1.54) is 43.4 Å². The standard InChI is InChI=1S/C16H21NO/c1-16(10-6-3-7-11-16)15-12-14(18-17-15)13-8-4-2-5-9-13/h2,4-5,8-9,14H,3,6-7,10-12H2,1H3. The molecule has 1 aliphatic carbocycles. The highest BCUT2D eigenvalue weighted by Gasteiger charge is 2.37. The molecular formula is C16H21NO. The summed E-state index contributed by atoms with van der Waals surface area (Å²) >= 11 is 0. The number of hydrogen-bond acceptors (Lipinski definition) is 2. The fourth-order valence-electron chi connectivity index (χ4n) is 3.20. The van der Waals surface area contributed by atoms with Crippen molar-refractivity contribution in [1.82, 2.24) is 0 Å². The first-order valence-electron chi connectivity index (χ1n) is 7.06. The molecule has 0 N–H and O–H groups in total. The van der Waals surface area contributed by atoms with Gasteiger partial charge in [-0.1, -0.05) is 61.7 Å². The Kier molecular flexibility index (Phi) is 3.11. The third-order valence-corrected chi connectivity index (χ3v) is 4.49. The van der Waals surface area contributed by atoms with Crippen molar-refractivity contribution in [3.05, 3.63) is 35.9 Å². The Hall–Kier alpha value is -1.31. The van der Waals surface area contributed by atoms with Crippen LogP contribution in [0.3, 0.4) is 0 Å². The van der Waals surface area contributed by atoms with Gasteiger partial charge in [0.15, 0.2) is 6.10 Å². The molecule has 2 heteroatoms. The molecule has 96 valence electrons. The van der Waals surface area contributed by atoms with E-state index in [1.54, 1.807) is 0 Å². The van der Waals surface area contributed by atoms with E-state index in [0.717, 1.165) is 6.42 Å². The highest BCUT2D eigenvalue weighted by molar-refractivity contribution is 5.91. The fourth-order valence-corrected chi connectivity index (χ4v) is 3.20. The first kappa shape index (κ1) is 11.8. The molecule has 3 rings (SSSR count). The second-order valence-corrected chi connectivity index (χ2v) is 5.87. The lowest BCUT2D eigenvalue weighted by Gasteiger charge is -2.32. The SMILES string of the molecule is CC1(C2=NOC(c3ccccc3)C2)CCCCC1. The van der Waals surface area contributed by atoms with Gasteiger partial charge in [-0.05, 0) is 18.4 Å². The van der Waals surface area contributed by atoms with Crippen molar-refractivity contribution in [2.24, 2.45) is 10.6 Å². The van der Waals surface area contributed by atoms with E-state index in [9.17, 15) is 0 Å². The first-order valence-corrected chi connectivity index (χ1v) is 7.06. The average molecular weight is 243 g/mol. The summed E-state index contributed by atoms with van der Waals surface area (Å²) < 4.78 is 0. The summed E-state index contributed by atoms with van der Waals surface area (Å²) in [4.78, 5) is 5.66. The van der Waals surface area contributed by atoms with Crippen molar-refractivity contribution in [2.75, 3.05) is 0 Å². The minimum absolute atomic E-state index is 0.139. The second kappa shape index (κ2) is 4.75. The summed E-state index contributed by atoms with van der Waals surface area (Å²) in [5.41, 5.74) is 2.83. The molecule has 2 nitrogen and oxygen atoms in total. The van der Waals surface area contributed by atoms with Gasteiger partial charge in [-0.3, -0.25) is 0 Å². The summed E-state index contributed by atoms with van der Waals surface area (Å²) in [6.07, 6.45) is 7.72. The third kappa shape index (κ3) is 2.16. The highest BCUT2D eigenvalue weighted by atomic mass is 16.6. The van der Waals surface area contributed by atoms with Crippen molar-refractivity contribution in [3.8, 4) is 0 Å². The van der Waals surface area contributed by atoms with Gasteiger partial charge >= 0.3 is 0 Å². The van der Waals surface area contributed by atoms with Crippen LogP contribution in [0.25, 0.3) is 0 Å². The molecule has 1 unspecified atom stereocenters. The maximum atomic E-state index is 5.66. The van der Waals surface area contributed by atoms with Gasteiger partial charge in [0.25, 0.3) is 0 Å². The highest BCUT2D eigenvalue weighted by Crippen LogP contribution is 2.42. The van der Waals surface area contributed by atoms with E-state index in [0.29, 0.717) is 5.41 Å². The molecular weight excluding hydrogens is 222 g/mol. The number of benzene rings is 1. The van der Waals surface area contributed by atoms with E-state index in [-0.39, 0.29) is 6.10 Å². The van der Waals surface area contributed by atoms with E-state index < -0.39 is 0 Å². The van der Waals surface area contributed by atoms with E-state index >= 15 is 0 Å². The van der Waals surface area contributed by atoms with Crippen molar-refractivity contribution < 1.29 is 4.84 Å². The molecule has 1 heterocycles. The average Bonchev–Trinajstić information content (AvgIpc) is 2.91. The Bertz CT molecular complexity index is 432. The van der Waals surface area contributed by atoms with Gasteiger partial charge in [0.1, 0.15) is 0 Å². The Morgan fingerprint density at radius 3 is 2.56 bits per heavy atom. The number of rotatable bonds is 2. The van der Waals surface area contributed by atoms with Crippen LogP contribution in [0, 0.1) is 5.41 Å². The Labute approximate surface area is 109 Å². The minimum Gasteiger partial charge on any atom is -0.387 e. The zero-order valence-electron chi connectivity index (χ0n) is 11.1.